The van der Waals surface area contributed by atoms with E-state index in [0.717, 1.165) is 0 Å². The van der Waals surface area contributed by atoms with E-state index in [1.165, 1.54) is 26.4 Å². The average Bonchev–Trinajstić information content (AvgIpc) is 2.30. The van der Waals surface area contributed by atoms with Crippen molar-refractivity contribution in [2.75, 3.05) is 14.2 Å². The summed E-state index contributed by atoms with van der Waals surface area (Å²) < 4.78 is 23.6. The molecule has 88 valence electrons. The molecule has 0 aliphatic carbocycles. The lowest BCUT2D eigenvalue weighted by Gasteiger charge is -2.13. The SMILES string of the molecule is CCC(OC)C(=O)c1cccc(OC)c1F. The highest BCUT2D eigenvalue weighted by molar-refractivity contribution is 6.00. The summed E-state index contributed by atoms with van der Waals surface area (Å²) >= 11 is 0. The fourth-order valence-corrected chi connectivity index (χ4v) is 1.49. The second kappa shape index (κ2) is 5.61. The Morgan fingerprint density at radius 2 is 2.12 bits per heavy atom. The second-order valence-electron chi connectivity index (χ2n) is 3.32. The van der Waals surface area contributed by atoms with Crippen molar-refractivity contribution in [1.82, 2.24) is 0 Å². The van der Waals surface area contributed by atoms with Crippen molar-refractivity contribution in [1.29, 1.82) is 0 Å². The number of rotatable bonds is 5. The summed E-state index contributed by atoms with van der Waals surface area (Å²) in [4.78, 5) is 11.9. The Hall–Kier alpha value is -1.42. The van der Waals surface area contributed by atoms with Crippen molar-refractivity contribution in [3.63, 3.8) is 0 Å². The van der Waals surface area contributed by atoms with Crippen molar-refractivity contribution in [2.24, 2.45) is 0 Å². The average molecular weight is 226 g/mol. The van der Waals surface area contributed by atoms with Gasteiger partial charge in [0.2, 0.25) is 0 Å². The van der Waals surface area contributed by atoms with Gasteiger partial charge in [0.25, 0.3) is 0 Å². The van der Waals surface area contributed by atoms with Gasteiger partial charge in [0, 0.05) is 7.11 Å². The molecule has 1 aromatic carbocycles. The number of Topliss-reactive ketones (excluding diaryl/α,β-unsaturated/α-hetero) is 1. The van der Waals surface area contributed by atoms with Crippen LogP contribution < -0.4 is 4.74 Å². The third kappa shape index (κ3) is 2.39. The third-order valence-corrected chi connectivity index (χ3v) is 2.40. The second-order valence-corrected chi connectivity index (χ2v) is 3.32. The zero-order valence-electron chi connectivity index (χ0n) is 9.62. The standard InChI is InChI=1S/C12H15FO3/c1-4-9(15-2)12(14)8-6-5-7-10(16-3)11(8)13/h5-7,9H,4H2,1-3H3. The largest absolute Gasteiger partial charge is 0.494 e. The minimum Gasteiger partial charge on any atom is -0.494 e. The van der Waals surface area contributed by atoms with E-state index in [0.29, 0.717) is 6.42 Å². The number of ether oxygens (including phenoxy) is 2. The molecular weight excluding hydrogens is 211 g/mol. The highest BCUT2D eigenvalue weighted by atomic mass is 19.1. The van der Waals surface area contributed by atoms with Crippen LogP contribution in [0.5, 0.6) is 5.75 Å². The third-order valence-electron chi connectivity index (χ3n) is 2.40. The van der Waals surface area contributed by atoms with Crippen molar-refractivity contribution < 1.29 is 18.7 Å². The van der Waals surface area contributed by atoms with Crippen LogP contribution in [0.3, 0.4) is 0 Å². The summed E-state index contributed by atoms with van der Waals surface area (Å²) in [6.07, 6.45) is -0.104. The summed E-state index contributed by atoms with van der Waals surface area (Å²) in [6, 6.07) is 4.49. The number of hydrogen-bond acceptors (Lipinski definition) is 3. The molecule has 0 amide bonds. The molecule has 0 radical (unpaired) electrons. The normalized spacial score (nSPS) is 12.2. The van der Waals surface area contributed by atoms with E-state index in [2.05, 4.69) is 0 Å². The molecule has 0 fully saturated rings. The Morgan fingerprint density at radius 1 is 1.44 bits per heavy atom. The van der Waals surface area contributed by atoms with Crippen molar-refractivity contribution in [3.8, 4) is 5.75 Å². The van der Waals surface area contributed by atoms with Gasteiger partial charge in [-0.15, -0.1) is 0 Å². The van der Waals surface area contributed by atoms with Gasteiger partial charge in [0.05, 0.1) is 12.7 Å². The molecular formula is C12H15FO3. The Balaban J connectivity index is 3.08. The smallest absolute Gasteiger partial charge is 0.194 e. The van der Waals surface area contributed by atoms with Crippen molar-refractivity contribution in [2.45, 2.75) is 19.4 Å². The first-order valence-corrected chi connectivity index (χ1v) is 5.05. The maximum atomic E-state index is 13.8. The van der Waals surface area contributed by atoms with E-state index >= 15 is 0 Å². The van der Waals surface area contributed by atoms with Crippen LogP contribution in [0.15, 0.2) is 18.2 Å². The lowest BCUT2D eigenvalue weighted by atomic mass is 10.0. The van der Waals surface area contributed by atoms with Crippen molar-refractivity contribution >= 4 is 5.78 Å². The van der Waals surface area contributed by atoms with Crippen LogP contribution in [-0.4, -0.2) is 26.1 Å². The van der Waals surface area contributed by atoms with E-state index in [9.17, 15) is 9.18 Å². The van der Waals surface area contributed by atoms with Gasteiger partial charge >= 0.3 is 0 Å². The lowest BCUT2D eigenvalue weighted by Crippen LogP contribution is -2.23. The zero-order chi connectivity index (χ0) is 12.1. The molecule has 0 aliphatic heterocycles. The number of benzene rings is 1. The summed E-state index contributed by atoms with van der Waals surface area (Å²) in [6.45, 7) is 1.81. The first-order valence-electron chi connectivity index (χ1n) is 5.05. The molecule has 0 heterocycles. The Morgan fingerprint density at radius 3 is 2.62 bits per heavy atom. The summed E-state index contributed by atoms with van der Waals surface area (Å²) in [5, 5.41) is 0. The first-order chi connectivity index (χ1) is 7.65. The fraction of sp³-hybridized carbons (Fsp3) is 0.417. The van der Waals surface area contributed by atoms with Gasteiger partial charge in [-0.2, -0.15) is 0 Å². The van der Waals surface area contributed by atoms with Crippen LogP contribution in [0.25, 0.3) is 0 Å². The van der Waals surface area contributed by atoms with E-state index in [4.69, 9.17) is 9.47 Å². The van der Waals surface area contributed by atoms with E-state index < -0.39 is 11.9 Å². The monoisotopic (exact) mass is 226 g/mol. The molecule has 0 aliphatic rings. The highest BCUT2D eigenvalue weighted by Crippen LogP contribution is 2.22. The predicted octanol–water partition coefficient (Wildman–Crippen LogP) is 2.44. The molecule has 16 heavy (non-hydrogen) atoms. The minimum atomic E-state index is -0.634. The zero-order valence-corrected chi connectivity index (χ0v) is 9.62. The van der Waals surface area contributed by atoms with Crippen LogP contribution in [0.2, 0.25) is 0 Å². The quantitative estimate of drug-likeness (QED) is 0.723. The van der Waals surface area contributed by atoms with Gasteiger partial charge in [0.15, 0.2) is 17.3 Å². The van der Waals surface area contributed by atoms with Gasteiger partial charge in [-0.1, -0.05) is 13.0 Å². The summed E-state index contributed by atoms with van der Waals surface area (Å²) in [5.41, 5.74) is 0.00745. The Bertz CT molecular complexity index is 373. The van der Waals surface area contributed by atoms with Gasteiger partial charge in [-0.25, -0.2) is 4.39 Å². The topological polar surface area (TPSA) is 35.5 Å². The van der Waals surface area contributed by atoms with Gasteiger partial charge in [0.1, 0.15) is 6.10 Å². The molecule has 1 unspecified atom stereocenters. The number of carbonyl (C=O) groups excluding carboxylic acids is 1. The van der Waals surface area contributed by atoms with Crippen LogP contribution >= 0.6 is 0 Å². The lowest BCUT2D eigenvalue weighted by molar-refractivity contribution is 0.0591. The molecule has 4 heteroatoms. The number of ketones is 1. The van der Waals surface area contributed by atoms with E-state index in [1.54, 1.807) is 6.07 Å². The molecule has 0 spiro atoms. The highest BCUT2D eigenvalue weighted by Gasteiger charge is 2.22. The number of carbonyl (C=O) groups is 1. The van der Waals surface area contributed by atoms with Crippen LogP contribution in [0.1, 0.15) is 23.7 Å². The molecule has 0 saturated heterocycles. The predicted molar refractivity (Wildman–Crippen MR) is 58.4 cm³/mol. The fourth-order valence-electron chi connectivity index (χ4n) is 1.49. The maximum Gasteiger partial charge on any atom is 0.194 e. The van der Waals surface area contributed by atoms with Crippen LogP contribution in [0.4, 0.5) is 4.39 Å². The number of methoxy groups -OCH3 is 2. The van der Waals surface area contributed by atoms with E-state index in [-0.39, 0.29) is 17.1 Å². The van der Waals surface area contributed by atoms with E-state index in [1.807, 2.05) is 6.92 Å². The summed E-state index contributed by atoms with van der Waals surface area (Å²) in [5.74, 6) is -0.927. The molecule has 0 aromatic heterocycles. The Kier molecular flexibility index (Phi) is 4.43. The molecule has 1 atom stereocenters. The van der Waals surface area contributed by atoms with Crippen LogP contribution in [-0.2, 0) is 4.74 Å². The molecule has 0 N–H and O–H groups in total. The molecule has 1 rings (SSSR count). The van der Waals surface area contributed by atoms with Crippen molar-refractivity contribution in [3.05, 3.63) is 29.6 Å². The van der Waals surface area contributed by atoms with Gasteiger partial charge < -0.3 is 9.47 Å². The first kappa shape index (κ1) is 12.6. The summed E-state index contributed by atoms with van der Waals surface area (Å²) in [7, 11) is 2.80. The molecule has 3 nitrogen and oxygen atoms in total. The molecule has 1 aromatic rings. The molecule has 0 saturated carbocycles. The number of hydrogen-bond donors (Lipinski definition) is 0. The minimum absolute atomic E-state index is 0.00745. The maximum absolute atomic E-state index is 13.8. The Labute approximate surface area is 94.2 Å². The van der Waals surface area contributed by atoms with Gasteiger partial charge in [-0.3, -0.25) is 4.79 Å². The van der Waals surface area contributed by atoms with Crippen LogP contribution in [0, 0.1) is 5.82 Å². The molecule has 0 bridgehead atoms. The number of halogens is 1. The van der Waals surface area contributed by atoms with Gasteiger partial charge in [-0.05, 0) is 18.6 Å².